The van der Waals surface area contributed by atoms with Crippen LogP contribution >= 0.6 is 0 Å². The van der Waals surface area contributed by atoms with Gasteiger partial charge in [-0.05, 0) is 48.6 Å². The van der Waals surface area contributed by atoms with E-state index in [-0.39, 0.29) is 18.6 Å². The molecule has 0 radical (unpaired) electrons. The van der Waals surface area contributed by atoms with Gasteiger partial charge < -0.3 is 0 Å². The van der Waals surface area contributed by atoms with Gasteiger partial charge in [-0.15, -0.1) is 0 Å². The van der Waals surface area contributed by atoms with E-state index >= 15 is 0 Å². The standard InChI is InChI=1S/C19H16F3NO2/c20-19(21,22)15-5-2-10-23-18(15)17(25)9-8-16(24)14-7-6-12-3-1-4-13(12)11-14/h2,5-7,10-11H,1,3-4,8-9H2. The first-order valence-corrected chi connectivity index (χ1v) is 8.06. The quantitative estimate of drug-likeness (QED) is 0.752. The molecule has 1 heterocycles. The van der Waals surface area contributed by atoms with Crippen molar-refractivity contribution in [3.63, 3.8) is 0 Å². The van der Waals surface area contributed by atoms with Crippen LogP contribution in [0.5, 0.6) is 0 Å². The Labute approximate surface area is 142 Å². The number of Topliss-reactive ketones (excluding diaryl/α,β-unsaturated/α-hetero) is 2. The number of alkyl halides is 3. The van der Waals surface area contributed by atoms with Gasteiger partial charge in [0.1, 0.15) is 5.69 Å². The molecule has 3 rings (SSSR count). The van der Waals surface area contributed by atoms with Crippen LogP contribution in [-0.2, 0) is 19.0 Å². The number of ketones is 2. The van der Waals surface area contributed by atoms with Crippen LogP contribution in [0.15, 0.2) is 36.5 Å². The van der Waals surface area contributed by atoms with E-state index in [1.54, 1.807) is 6.07 Å². The van der Waals surface area contributed by atoms with Crippen LogP contribution in [-0.4, -0.2) is 16.6 Å². The molecule has 0 bridgehead atoms. The summed E-state index contributed by atoms with van der Waals surface area (Å²) in [7, 11) is 0. The number of hydrogen-bond acceptors (Lipinski definition) is 3. The van der Waals surface area contributed by atoms with Crippen LogP contribution in [0.1, 0.15) is 56.8 Å². The van der Waals surface area contributed by atoms with Crippen molar-refractivity contribution in [2.75, 3.05) is 0 Å². The van der Waals surface area contributed by atoms with Gasteiger partial charge in [0, 0.05) is 24.6 Å². The first kappa shape index (κ1) is 17.3. The number of rotatable bonds is 5. The van der Waals surface area contributed by atoms with E-state index in [1.165, 1.54) is 5.56 Å². The molecular weight excluding hydrogens is 331 g/mol. The smallest absolute Gasteiger partial charge is 0.294 e. The fraction of sp³-hybridized carbons (Fsp3) is 0.316. The summed E-state index contributed by atoms with van der Waals surface area (Å²) in [6.07, 6.45) is -0.943. The molecule has 1 aliphatic carbocycles. The molecule has 3 nitrogen and oxygen atoms in total. The minimum absolute atomic E-state index is 0.133. The predicted molar refractivity (Wildman–Crippen MR) is 85.6 cm³/mol. The molecule has 2 aromatic rings. The Morgan fingerprint density at radius 2 is 1.72 bits per heavy atom. The molecule has 0 spiro atoms. The van der Waals surface area contributed by atoms with Crippen molar-refractivity contribution in [2.24, 2.45) is 0 Å². The summed E-state index contributed by atoms with van der Waals surface area (Å²) < 4.78 is 38.8. The van der Waals surface area contributed by atoms with E-state index in [1.807, 2.05) is 12.1 Å². The maximum Gasteiger partial charge on any atom is 0.418 e. The van der Waals surface area contributed by atoms with Crippen molar-refractivity contribution in [2.45, 2.75) is 38.3 Å². The molecule has 0 saturated heterocycles. The van der Waals surface area contributed by atoms with E-state index in [9.17, 15) is 22.8 Å². The third kappa shape index (κ3) is 3.78. The molecule has 0 atom stereocenters. The van der Waals surface area contributed by atoms with Gasteiger partial charge in [-0.3, -0.25) is 14.6 Å². The van der Waals surface area contributed by atoms with Gasteiger partial charge in [-0.2, -0.15) is 13.2 Å². The molecule has 6 heteroatoms. The SMILES string of the molecule is O=C(CCC(=O)c1ncccc1C(F)(F)F)c1ccc2c(c1)CCC2. The van der Waals surface area contributed by atoms with Crippen molar-refractivity contribution < 1.29 is 22.8 Å². The third-order valence-electron chi connectivity index (χ3n) is 4.38. The van der Waals surface area contributed by atoms with E-state index in [4.69, 9.17) is 0 Å². The minimum Gasteiger partial charge on any atom is -0.294 e. The van der Waals surface area contributed by atoms with E-state index < -0.39 is 23.2 Å². The summed E-state index contributed by atoms with van der Waals surface area (Å²) in [6.45, 7) is 0. The Hall–Kier alpha value is -2.50. The fourth-order valence-corrected chi connectivity index (χ4v) is 3.09. The zero-order valence-corrected chi connectivity index (χ0v) is 13.4. The monoisotopic (exact) mass is 347 g/mol. The lowest BCUT2D eigenvalue weighted by molar-refractivity contribution is -0.138. The van der Waals surface area contributed by atoms with Gasteiger partial charge in [0.25, 0.3) is 0 Å². The zero-order chi connectivity index (χ0) is 18.0. The van der Waals surface area contributed by atoms with E-state index in [0.29, 0.717) is 5.56 Å². The summed E-state index contributed by atoms with van der Waals surface area (Å²) in [5.74, 6) is -1.02. The van der Waals surface area contributed by atoms with Crippen LogP contribution in [0.3, 0.4) is 0 Å². The molecule has 130 valence electrons. The summed E-state index contributed by atoms with van der Waals surface area (Å²) in [5, 5.41) is 0. The zero-order valence-electron chi connectivity index (χ0n) is 13.4. The number of carbonyl (C=O) groups is 2. The predicted octanol–water partition coefficient (Wildman–Crippen LogP) is 4.43. The van der Waals surface area contributed by atoms with Crippen molar-refractivity contribution in [1.29, 1.82) is 0 Å². The topological polar surface area (TPSA) is 47.0 Å². The largest absolute Gasteiger partial charge is 0.418 e. The summed E-state index contributed by atoms with van der Waals surface area (Å²) >= 11 is 0. The lowest BCUT2D eigenvalue weighted by Gasteiger charge is -2.10. The minimum atomic E-state index is -4.65. The van der Waals surface area contributed by atoms with E-state index in [0.717, 1.165) is 43.2 Å². The van der Waals surface area contributed by atoms with Crippen LogP contribution in [0, 0.1) is 0 Å². The summed E-state index contributed by atoms with van der Waals surface area (Å²) in [4.78, 5) is 27.9. The molecule has 0 saturated carbocycles. The number of carbonyl (C=O) groups excluding carboxylic acids is 2. The molecule has 1 aliphatic rings. The highest BCUT2D eigenvalue weighted by Crippen LogP contribution is 2.31. The number of aromatic nitrogens is 1. The molecular formula is C19H16F3NO2. The lowest BCUT2D eigenvalue weighted by atomic mass is 9.99. The molecule has 0 N–H and O–H groups in total. The van der Waals surface area contributed by atoms with Gasteiger partial charge in [0.15, 0.2) is 11.6 Å². The average molecular weight is 347 g/mol. The maximum absolute atomic E-state index is 12.9. The van der Waals surface area contributed by atoms with Crippen LogP contribution in [0.2, 0.25) is 0 Å². The Morgan fingerprint density at radius 3 is 2.48 bits per heavy atom. The van der Waals surface area contributed by atoms with Crippen LogP contribution in [0.25, 0.3) is 0 Å². The van der Waals surface area contributed by atoms with Gasteiger partial charge in [-0.25, -0.2) is 0 Å². The highest BCUT2D eigenvalue weighted by atomic mass is 19.4. The number of pyridine rings is 1. The van der Waals surface area contributed by atoms with Crippen molar-refractivity contribution in [3.05, 3.63) is 64.5 Å². The summed E-state index contributed by atoms with van der Waals surface area (Å²) in [5.41, 5.74) is 1.18. The van der Waals surface area contributed by atoms with Gasteiger partial charge in [0.2, 0.25) is 0 Å². The number of halogens is 3. The molecule has 0 unspecified atom stereocenters. The van der Waals surface area contributed by atoms with Crippen molar-refractivity contribution in [3.8, 4) is 0 Å². The highest BCUT2D eigenvalue weighted by Gasteiger charge is 2.35. The Kier molecular flexibility index (Phi) is 4.70. The van der Waals surface area contributed by atoms with Crippen molar-refractivity contribution >= 4 is 11.6 Å². The molecule has 0 aliphatic heterocycles. The number of benzene rings is 1. The molecule has 25 heavy (non-hydrogen) atoms. The van der Waals surface area contributed by atoms with E-state index in [2.05, 4.69) is 4.98 Å². The average Bonchev–Trinajstić information content (AvgIpc) is 3.06. The second-order valence-electron chi connectivity index (χ2n) is 6.08. The number of hydrogen-bond donors (Lipinski definition) is 0. The number of aryl methyl sites for hydroxylation is 2. The Balaban J connectivity index is 1.70. The van der Waals surface area contributed by atoms with Gasteiger partial charge in [0.05, 0.1) is 5.56 Å². The molecule has 1 aromatic carbocycles. The lowest BCUT2D eigenvalue weighted by Crippen LogP contribution is -2.15. The second-order valence-corrected chi connectivity index (χ2v) is 6.08. The second kappa shape index (κ2) is 6.78. The fourth-order valence-electron chi connectivity index (χ4n) is 3.09. The van der Waals surface area contributed by atoms with Crippen molar-refractivity contribution in [1.82, 2.24) is 4.98 Å². The summed E-state index contributed by atoms with van der Waals surface area (Å²) in [6, 6.07) is 7.42. The normalized spacial score (nSPS) is 13.6. The Morgan fingerprint density at radius 1 is 1.00 bits per heavy atom. The number of fused-ring (bicyclic) bond motifs is 1. The first-order chi connectivity index (χ1) is 11.9. The highest BCUT2D eigenvalue weighted by molar-refractivity contribution is 6.02. The van der Waals surface area contributed by atoms with Crippen LogP contribution < -0.4 is 0 Å². The van der Waals surface area contributed by atoms with Crippen LogP contribution in [0.4, 0.5) is 13.2 Å². The van der Waals surface area contributed by atoms with Gasteiger partial charge in [-0.1, -0.05) is 12.1 Å². The third-order valence-corrected chi connectivity index (χ3v) is 4.38. The van der Waals surface area contributed by atoms with Gasteiger partial charge >= 0.3 is 6.18 Å². The maximum atomic E-state index is 12.9. The molecule has 0 fully saturated rings. The Bertz CT molecular complexity index is 828. The first-order valence-electron chi connectivity index (χ1n) is 8.06. The number of nitrogens with zero attached hydrogens (tertiary/aromatic N) is 1. The molecule has 0 amide bonds. The molecule has 1 aromatic heterocycles.